The summed E-state index contributed by atoms with van der Waals surface area (Å²) in [5, 5.41) is 59.6. The Hall–Kier alpha value is -2.75. The molecular formula is C47H79O14P. The lowest BCUT2D eigenvalue weighted by atomic mass is 9.85. The Morgan fingerprint density at radius 1 is 0.581 bits per heavy atom. The highest BCUT2D eigenvalue weighted by molar-refractivity contribution is 7.47. The van der Waals surface area contributed by atoms with Gasteiger partial charge in [-0.25, -0.2) is 4.57 Å². The Kier molecular flexibility index (Phi) is 33.8. The molecule has 0 bridgehead atoms. The van der Waals surface area contributed by atoms with Crippen LogP contribution in [0, 0.1) is 0 Å². The maximum atomic E-state index is 12.8. The third-order valence-corrected chi connectivity index (χ3v) is 11.2. The van der Waals surface area contributed by atoms with Crippen molar-refractivity contribution < 1.29 is 68.2 Å². The number of phosphoric ester groups is 1. The highest BCUT2D eigenvalue weighted by atomic mass is 31.2. The summed E-state index contributed by atoms with van der Waals surface area (Å²) in [7, 11) is -5.14. The topological polar surface area (TPSA) is 230 Å². The predicted molar refractivity (Wildman–Crippen MR) is 241 cm³/mol. The molecule has 0 saturated heterocycles. The van der Waals surface area contributed by atoms with E-state index in [-0.39, 0.29) is 12.8 Å². The summed E-state index contributed by atoms with van der Waals surface area (Å²) in [6, 6.07) is 0. The second-order valence-electron chi connectivity index (χ2n) is 15.7. The molecular weight excluding hydrogens is 819 g/mol. The van der Waals surface area contributed by atoms with Crippen molar-refractivity contribution in [2.24, 2.45) is 0 Å². The summed E-state index contributed by atoms with van der Waals surface area (Å²) < 4.78 is 33.4. The van der Waals surface area contributed by atoms with Gasteiger partial charge in [0.15, 0.2) is 6.10 Å². The van der Waals surface area contributed by atoms with Gasteiger partial charge in [0.2, 0.25) is 0 Å². The van der Waals surface area contributed by atoms with E-state index in [9.17, 15) is 49.7 Å². The third-order valence-electron chi connectivity index (χ3n) is 10.2. The third kappa shape index (κ3) is 28.8. The number of aliphatic hydroxyl groups is 6. The number of esters is 2. The van der Waals surface area contributed by atoms with Crippen molar-refractivity contribution in [3.63, 3.8) is 0 Å². The molecule has 0 aromatic carbocycles. The summed E-state index contributed by atoms with van der Waals surface area (Å²) in [6.07, 6.45) is 29.1. The van der Waals surface area contributed by atoms with Crippen LogP contribution in [0.3, 0.4) is 0 Å². The minimum Gasteiger partial charge on any atom is -0.462 e. The maximum Gasteiger partial charge on any atom is 0.472 e. The van der Waals surface area contributed by atoms with Gasteiger partial charge in [0, 0.05) is 12.8 Å². The van der Waals surface area contributed by atoms with Gasteiger partial charge in [0.25, 0.3) is 0 Å². The Morgan fingerprint density at radius 2 is 1.06 bits per heavy atom. The number of carbonyl (C=O) groups is 2. The largest absolute Gasteiger partial charge is 0.472 e. The van der Waals surface area contributed by atoms with E-state index in [0.717, 1.165) is 57.8 Å². The minimum absolute atomic E-state index is 0.0641. The van der Waals surface area contributed by atoms with Crippen molar-refractivity contribution in [3.05, 3.63) is 72.9 Å². The van der Waals surface area contributed by atoms with Crippen molar-refractivity contribution in [2.45, 2.75) is 198 Å². The van der Waals surface area contributed by atoms with Crippen LogP contribution in [0.25, 0.3) is 0 Å². The van der Waals surface area contributed by atoms with E-state index >= 15 is 0 Å². The number of carbonyl (C=O) groups excluding carboxylic acids is 2. The van der Waals surface area contributed by atoms with Gasteiger partial charge >= 0.3 is 19.8 Å². The molecule has 0 aromatic heterocycles. The molecule has 0 aromatic rings. The van der Waals surface area contributed by atoms with E-state index in [1.807, 2.05) is 43.4 Å². The molecule has 356 valence electrons. The zero-order valence-corrected chi connectivity index (χ0v) is 38.1. The van der Waals surface area contributed by atoms with Crippen molar-refractivity contribution in [1.82, 2.24) is 0 Å². The van der Waals surface area contributed by atoms with Gasteiger partial charge in [-0.15, -0.1) is 0 Å². The molecule has 0 radical (unpaired) electrons. The van der Waals surface area contributed by atoms with Crippen LogP contribution < -0.4 is 0 Å². The molecule has 0 spiro atoms. The summed E-state index contributed by atoms with van der Waals surface area (Å²) >= 11 is 0. The quantitative estimate of drug-likeness (QED) is 0.0105. The van der Waals surface area contributed by atoms with E-state index in [0.29, 0.717) is 25.7 Å². The van der Waals surface area contributed by atoms with Gasteiger partial charge in [-0.3, -0.25) is 18.6 Å². The van der Waals surface area contributed by atoms with Crippen LogP contribution in [0.2, 0.25) is 0 Å². The molecule has 1 aliphatic rings. The monoisotopic (exact) mass is 899 g/mol. The molecule has 7 N–H and O–H groups in total. The average Bonchev–Trinajstić information content (AvgIpc) is 3.25. The predicted octanol–water partition coefficient (Wildman–Crippen LogP) is 7.69. The number of hydrogen-bond acceptors (Lipinski definition) is 13. The summed E-state index contributed by atoms with van der Waals surface area (Å²) in [4.78, 5) is 35.7. The number of rotatable bonds is 36. The molecule has 1 aliphatic carbocycles. The second kappa shape index (κ2) is 36.6. The van der Waals surface area contributed by atoms with Gasteiger partial charge in [-0.1, -0.05) is 138 Å². The molecule has 1 saturated carbocycles. The number of allylic oxidation sites excluding steroid dienone is 11. The lowest BCUT2D eigenvalue weighted by molar-refractivity contribution is -0.220. The molecule has 0 amide bonds. The number of ether oxygens (including phenoxy) is 2. The van der Waals surface area contributed by atoms with Crippen molar-refractivity contribution in [2.75, 3.05) is 13.2 Å². The first kappa shape index (κ1) is 57.3. The lowest BCUT2D eigenvalue weighted by Gasteiger charge is -2.41. The molecule has 0 aliphatic heterocycles. The fourth-order valence-electron chi connectivity index (χ4n) is 6.33. The first-order chi connectivity index (χ1) is 29.8. The molecule has 3 unspecified atom stereocenters. The summed E-state index contributed by atoms with van der Waals surface area (Å²) in [5.74, 6) is -1.20. The zero-order chi connectivity index (χ0) is 45.9. The smallest absolute Gasteiger partial charge is 0.462 e. The van der Waals surface area contributed by atoms with Gasteiger partial charge in [-0.2, -0.15) is 0 Å². The van der Waals surface area contributed by atoms with Crippen molar-refractivity contribution in [1.29, 1.82) is 0 Å². The lowest BCUT2D eigenvalue weighted by Crippen LogP contribution is -2.64. The zero-order valence-electron chi connectivity index (χ0n) is 37.2. The fraction of sp³-hybridized carbons (Fsp3) is 0.702. The first-order valence-electron chi connectivity index (χ1n) is 22.8. The summed E-state index contributed by atoms with van der Waals surface area (Å²) in [5.41, 5.74) is 0. The molecule has 0 heterocycles. The molecule has 1 rings (SSSR count). The molecule has 62 heavy (non-hydrogen) atoms. The Labute approximate surface area is 370 Å². The Bertz CT molecular complexity index is 1380. The van der Waals surface area contributed by atoms with Gasteiger partial charge in [0.1, 0.15) is 43.2 Å². The SMILES string of the molecule is CCCCCCCC/C=C\CCCCCCCC(=O)O[C@H](COC(=O)CCC/C=C\C/C=C\C/C=C\C/C=C\C=C\[C@@H](O)CC)COP(=O)(O)OC1[C@H](O)[C@H](O)C(O)[C@H](O)[C@H]1O. The summed E-state index contributed by atoms with van der Waals surface area (Å²) in [6.45, 7) is 2.89. The van der Waals surface area contributed by atoms with Crippen molar-refractivity contribution >= 4 is 19.8 Å². The van der Waals surface area contributed by atoms with E-state index in [4.69, 9.17) is 18.5 Å². The Morgan fingerprint density at radius 3 is 1.66 bits per heavy atom. The van der Waals surface area contributed by atoms with Gasteiger partial charge < -0.3 is 45.0 Å². The van der Waals surface area contributed by atoms with Crippen LogP contribution in [0.15, 0.2) is 72.9 Å². The van der Waals surface area contributed by atoms with E-state index < -0.39 is 81.8 Å². The standard InChI is InChI=1S/C47H79O14P/c1-3-5-6-7-8-9-10-11-12-17-20-23-26-29-32-35-41(50)60-39(37-59-62(56,57)61-47-45(54)43(52)42(51)44(53)46(47)55)36-58-40(49)34-31-28-25-22-19-16-14-13-15-18-21-24-27-30-33-38(48)4-2/h11-12,14-16,18,22,24-25,27,30,33,38-39,42-48,51-55H,3-10,13,17,19-21,23,26,28-29,31-32,34-37H2,1-2H3,(H,56,57)/b12-11-,16-14-,18-15-,25-22-,27-24-,33-30+/t38-,39+,42?,43-,44+,45+,46+,47?/m0/s1. The van der Waals surface area contributed by atoms with E-state index in [1.54, 1.807) is 6.08 Å². The number of phosphoric acid groups is 1. The van der Waals surface area contributed by atoms with Crippen LogP contribution in [-0.4, -0.2) is 110 Å². The van der Waals surface area contributed by atoms with Crippen LogP contribution in [0.1, 0.15) is 149 Å². The number of hydrogen-bond donors (Lipinski definition) is 7. The van der Waals surface area contributed by atoms with E-state index in [2.05, 4.69) is 37.3 Å². The first-order valence-corrected chi connectivity index (χ1v) is 24.3. The fourth-order valence-corrected chi connectivity index (χ4v) is 7.30. The van der Waals surface area contributed by atoms with Crippen LogP contribution in [0.4, 0.5) is 0 Å². The van der Waals surface area contributed by atoms with Crippen LogP contribution >= 0.6 is 7.82 Å². The molecule has 9 atom stereocenters. The van der Waals surface area contributed by atoms with Gasteiger partial charge in [-0.05, 0) is 70.6 Å². The van der Waals surface area contributed by atoms with E-state index in [1.165, 1.54) is 38.5 Å². The molecule has 15 heteroatoms. The Balaban J connectivity index is 2.52. The highest BCUT2D eigenvalue weighted by Gasteiger charge is 2.51. The van der Waals surface area contributed by atoms with Crippen LogP contribution in [-0.2, 0) is 32.7 Å². The normalized spacial score (nSPS) is 23.0. The van der Waals surface area contributed by atoms with Crippen molar-refractivity contribution in [3.8, 4) is 0 Å². The van der Waals surface area contributed by atoms with Crippen LogP contribution in [0.5, 0.6) is 0 Å². The number of aliphatic hydroxyl groups excluding tert-OH is 6. The minimum atomic E-state index is -5.14. The maximum absolute atomic E-state index is 12.8. The molecule has 14 nitrogen and oxygen atoms in total. The average molecular weight is 899 g/mol. The number of unbranched alkanes of at least 4 members (excludes halogenated alkanes) is 12. The molecule has 1 fully saturated rings. The second-order valence-corrected chi connectivity index (χ2v) is 17.1. The van der Waals surface area contributed by atoms with Gasteiger partial charge in [0.05, 0.1) is 12.7 Å². The highest BCUT2D eigenvalue weighted by Crippen LogP contribution is 2.47.